The van der Waals surface area contributed by atoms with Crippen molar-refractivity contribution < 1.29 is 14.0 Å². The summed E-state index contributed by atoms with van der Waals surface area (Å²) in [7, 11) is 0. The summed E-state index contributed by atoms with van der Waals surface area (Å²) in [5, 5.41) is 0. The summed E-state index contributed by atoms with van der Waals surface area (Å²) >= 11 is 1.46. The summed E-state index contributed by atoms with van der Waals surface area (Å²) < 4.78 is 14.1. The summed E-state index contributed by atoms with van der Waals surface area (Å²) in [6.07, 6.45) is 2.06. The molecule has 134 valence electrons. The number of fused-ring (bicyclic) bond motifs is 1. The number of benzene rings is 2. The van der Waals surface area contributed by atoms with E-state index in [9.17, 15) is 14.0 Å². The van der Waals surface area contributed by atoms with Crippen molar-refractivity contribution in [1.82, 2.24) is 4.90 Å². The topological polar surface area (TPSA) is 40.6 Å². The van der Waals surface area contributed by atoms with E-state index in [4.69, 9.17) is 0 Å². The van der Waals surface area contributed by atoms with Crippen molar-refractivity contribution in [3.05, 3.63) is 59.4 Å². The first-order valence-corrected chi connectivity index (χ1v) is 9.72. The van der Waals surface area contributed by atoms with Crippen LogP contribution >= 0.6 is 11.8 Å². The zero-order valence-corrected chi connectivity index (χ0v) is 15.1. The fourth-order valence-electron chi connectivity index (χ4n) is 3.41. The molecule has 4 rings (SSSR count). The monoisotopic (exact) mass is 370 g/mol. The first kappa shape index (κ1) is 17.1. The lowest BCUT2D eigenvalue weighted by Gasteiger charge is -2.30. The Hall–Kier alpha value is -2.34. The molecular formula is C20H19FN2O2S. The van der Waals surface area contributed by atoms with Crippen LogP contribution in [0.15, 0.2) is 47.4 Å². The zero-order valence-electron chi connectivity index (χ0n) is 14.3. The lowest BCUT2D eigenvalue weighted by atomic mass is 10.1. The maximum absolute atomic E-state index is 14.1. The third-order valence-corrected chi connectivity index (χ3v) is 5.88. The molecule has 4 nitrogen and oxygen atoms in total. The van der Waals surface area contributed by atoms with Crippen LogP contribution in [-0.2, 0) is 11.3 Å². The number of thioether (sulfide) groups is 1. The second kappa shape index (κ2) is 7.11. The molecule has 6 heteroatoms. The highest BCUT2D eigenvalue weighted by molar-refractivity contribution is 8.00. The molecular weight excluding hydrogens is 351 g/mol. The lowest BCUT2D eigenvalue weighted by Crippen LogP contribution is -2.35. The Morgan fingerprint density at radius 1 is 1.12 bits per heavy atom. The molecule has 1 fully saturated rings. The lowest BCUT2D eigenvalue weighted by molar-refractivity contribution is -0.116. The number of rotatable bonds is 3. The Bertz CT molecular complexity index is 865. The molecule has 2 amide bonds. The molecule has 2 heterocycles. The average Bonchev–Trinajstić information content (AvgIpc) is 3.19. The van der Waals surface area contributed by atoms with E-state index < -0.39 is 0 Å². The van der Waals surface area contributed by atoms with Gasteiger partial charge in [0.2, 0.25) is 5.91 Å². The molecule has 2 aromatic rings. The SMILES string of the molecule is O=C(c1ccc2c(c1)N(Cc1ccccc1F)C(=O)CS2)N1CCCC1. The Labute approximate surface area is 156 Å². The van der Waals surface area contributed by atoms with Crippen LogP contribution in [0, 0.1) is 5.82 Å². The average molecular weight is 370 g/mol. The van der Waals surface area contributed by atoms with Crippen molar-refractivity contribution in [2.75, 3.05) is 23.7 Å². The molecule has 2 aromatic carbocycles. The normalized spacial score (nSPS) is 16.7. The number of hydrogen-bond acceptors (Lipinski definition) is 3. The van der Waals surface area contributed by atoms with Gasteiger partial charge in [-0.2, -0.15) is 0 Å². The Morgan fingerprint density at radius 3 is 2.65 bits per heavy atom. The van der Waals surface area contributed by atoms with Gasteiger partial charge < -0.3 is 9.80 Å². The van der Waals surface area contributed by atoms with Crippen LogP contribution in [0.25, 0.3) is 0 Å². The number of amides is 2. The predicted octanol–water partition coefficient (Wildman–Crippen LogP) is 3.70. The molecule has 0 aromatic heterocycles. The summed E-state index contributed by atoms with van der Waals surface area (Å²) in [5.41, 5.74) is 1.74. The number of halogens is 1. The summed E-state index contributed by atoms with van der Waals surface area (Å²) in [6.45, 7) is 1.73. The standard InChI is InChI=1S/C20H19FN2O2S/c21-16-6-2-1-5-15(16)12-23-17-11-14(20(25)22-9-3-4-10-22)7-8-18(17)26-13-19(23)24/h1-2,5-8,11H,3-4,9-10,12-13H2. The van der Waals surface area contributed by atoms with E-state index >= 15 is 0 Å². The van der Waals surface area contributed by atoms with Gasteiger partial charge in [-0.15, -0.1) is 11.8 Å². The van der Waals surface area contributed by atoms with E-state index in [0.717, 1.165) is 30.8 Å². The van der Waals surface area contributed by atoms with Crippen LogP contribution in [0.5, 0.6) is 0 Å². The van der Waals surface area contributed by atoms with Crippen molar-refractivity contribution in [2.24, 2.45) is 0 Å². The Morgan fingerprint density at radius 2 is 1.88 bits per heavy atom. The largest absolute Gasteiger partial charge is 0.339 e. The van der Waals surface area contributed by atoms with E-state index in [1.807, 2.05) is 17.0 Å². The summed E-state index contributed by atoms with van der Waals surface area (Å²) in [4.78, 5) is 29.6. The molecule has 0 atom stereocenters. The molecule has 1 saturated heterocycles. The third kappa shape index (κ3) is 3.21. The van der Waals surface area contributed by atoms with Gasteiger partial charge in [-0.25, -0.2) is 4.39 Å². The van der Waals surface area contributed by atoms with Gasteiger partial charge in [-0.1, -0.05) is 18.2 Å². The van der Waals surface area contributed by atoms with Crippen LogP contribution < -0.4 is 4.90 Å². The molecule has 0 spiro atoms. The van der Waals surface area contributed by atoms with Gasteiger partial charge in [0, 0.05) is 29.1 Å². The fourth-order valence-corrected chi connectivity index (χ4v) is 4.32. The van der Waals surface area contributed by atoms with Gasteiger partial charge in [-0.3, -0.25) is 9.59 Å². The van der Waals surface area contributed by atoms with Crippen LogP contribution in [0.3, 0.4) is 0 Å². The number of anilines is 1. The molecule has 26 heavy (non-hydrogen) atoms. The minimum Gasteiger partial charge on any atom is -0.339 e. The Balaban J connectivity index is 1.67. The van der Waals surface area contributed by atoms with Gasteiger partial charge in [0.05, 0.1) is 18.0 Å². The van der Waals surface area contributed by atoms with E-state index in [1.165, 1.54) is 17.8 Å². The number of carbonyl (C=O) groups excluding carboxylic acids is 2. The van der Waals surface area contributed by atoms with Gasteiger partial charge in [0.1, 0.15) is 5.82 Å². The summed E-state index contributed by atoms with van der Waals surface area (Å²) in [5.74, 6) is -0.0824. The predicted molar refractivity (Wildman–Crippen MR) is 99.9 cm³/mol. The first-order chi connectivity index (χ1) is 12.6. The van der Waals surface area contributed by atoms with Crippen molar-refractivity contribution in [1.29, 1.82) is 0 Å². The molecule has 0 saturated carbocycles. The van der Waals surface area contributed by atoms with Crippen molar-refractivity contribution >= 4 is 29.3 Å². The zero-order chi connectivity index (χ0) is 18.1. The van der Waals surface area contributed by atoms with E-state index in [2.05, 4.69) is 0 Å². The highest BCUT2D eigenvalue weighted by atomic mass is 32.2. The molecule has 0 aliphatic carbocycles. The minimum absolute atomic E-state index is 0.000774. The van der Waals surface area contributed by atoms with Crippen LogP contribution in [0.1, 0.15) is 28.8 Å². The number of carbonyl (C=O) groups is 2. The van der Waals surface area contributed by atoms with E-state index in [-0.39, 0.29) is 24.2 Å². The highest BCUT2D eigenvalue weighted by Gasteiger charge is 2.28. The van der Waals surface area contributed by atoms with Gasteiger partial charge in [0.15, 0.2) is 0 Å². The fraction of sp³-hybridized carbons (Fsp3) is 0.300. The number of hydrogen-bond donors (Lipinski definition) is 0. The van der Waals surface area contributed by atoms with Crippen molar-refractivity contribution in [2.45, 2.75) is 24.3 Å². The van der Waals surface area contributed by atoms with Gasteiger partial charge in [0.25, 0.3) is 5.91 Å². The molecule has 2 aliphatic rings. The molecule has 0 N–H and O–H groups in total. The molecule has 2 aliphatic heterocycles. The van der Waals surface area contributed by atoms with E-state index in [0.29, 0.717) is 22.6 Å². The second-order valence-corrected chi connectivity index (χ2v) is 7.56. The van der Waals surface area contributed by atoms with Crippen molar-refractivity contribution in [3.8, 4) is 0 Å². The maximum Gasteiger partial charge on any atom is 0.253 e. The smallest absolute Gasteiger partial charge is 0.253 e. The quantitative estimate of drug-likeness (QED) is 0.827. The van der Waals surface area contributed by atoms with Gasteiger partial charge >= 0.3 is 0 Å². The molecule has 0 radical (unpaired) electrons. The van der Waals surface area contributed by atoms with Crippen LogP contribution in [0.4, 0.5) is 10.1 Å². The van der Waals surface area contributed by atoms with Crippen LogP contribution in [0.2, 0.25) is 0 Å². The van der Waals surface area contributed by atoms with Crippen LogP contribution in [-0.4, -0.2) is 35.6 Å². The first-order valence-electron chi connectivity index (χ1n) is 8.73. The number of likely N-dealkylation sites (tertiary alicyclic amines) is 1. The molecule has 0 unspecified atom stereocenters. The van der Waals surface area contributed by atoms with Crippen molar-refractivity contribution in [3.63, 3.8) is 0 Å². The third-order valence-electron chi connectivity index (χ3n) is 4.83. The maximum atomic E-state index is 14.1. The molecule has 0 bridgehead atoms. The highest BCUT2D eigenvalue weighted by Crippen LogP contribution is 2.37. The summed E-state index contributed by atoms with van der Waals surface area (Å²) in [6, 6.07) is 12.0. The Kier molecular flexibility index (Phi) is 4.68. The second-order valence-electron chi connectivity index (χ2n) is 6.54. The van der Waals surface area contributed by atoms with Gasteiger partial charge in [-0.05, 0) is 37.1 Å². The minimum atomic E-state index is -0.329. The number of nitrogens with zero attached hydrogens (tertiary/aromatic N) is 2. The van der Waals surface area contributed by atoms with E-state index in [1.54, 1.807) is 29.2 Å².